The molecule has 2 amide bonds. The number of carbonyl (C=O) groups excluding carboxylic acids is 3. The number of phosphoric ester groups is 2. The Morgan fingerprint density at radius 1 is 1.03 bits per heavy atom. The zero-order valence-electron chi connectivity index (χ0n) is 37.3. The Kier molecular flexibility index (Phi) is 17.1. The fraction of sp³-hybridized carbons (Fsp3) is 0.514. The molecule has 2 aliphatic rings. The van der Waals surface area contributed by atoms with Crippen LogP contribution in [0, 0.1) is 0 Å². The molecule has 31 nitrogen and oxygen atoms in total. The first kappa shape index (κ1) is 53.0. The molecule has 70 heavy (non-hydrogen) atoms. The number of azide groups is 1. The van der Waals surface area contributed by atoms with E-state index in [9.17, 15) is 48.1 Å². The molecule has 4 aromatic rings. The fourth-order valence-electron chi connectivity index (χ4n) is 6.99. The zero-order valence-corrected chi connectivity index (χ0v) is 39.1. The maximum Gasteiger partial charge on any atom is 0.472 e. The number of fused-ring (bicyclic) bond motifs is 1. The molecule has 0 saturated carbocycles. The second-order valence-electron chi connectivity index (χ2n) is 16.3. The van der Waals surface area contributed by atoms with Crippen molar-refractivity contribution in [2.45, 2.75) is 101 Å². The molecule has 6 rings (SSSR count). The molecule has 0 aliphatic carbocycles. The van der Waals surface area contributed by atoms with Crippen LogP contribution in [-0.2, 0) is 57.8 Å². The number of aliphatic hydroxyl groups is 1. The number of esters is 1. The number of phosphoric acid groups is 2. The second-order valence-corrected chi connectivity index (χ2v) is 18.9. The van der Waals surface area contributed by atoms with Crippen molar-refractivity contribution in [1.29, 1.82) is 0 Å². The van der Waals surface area contributed by atoms with E-state index < -0.39 is 107 Å². The molecular weight excluding hydrogens is 976 g/mol. The van der Waals surface area contributed by atoms with Gasteiger partial charge in [0.05, 0.1) is 19.5 Å². The Balaban J connectivity index is 1.18. The lowest BCUT2D eigenvalue weighted by atomic mass is 10.1. The largest absolute Gasteiger partial charge is 0.472 e. The van der Waals surface area contributed by atoms with Crippen molar-refractivity contribution in [2.24, 2.45) is 5.11 Å². The molecule has 5 heterocycles. The van der Waals surface area contributed by atoms with E-state index in [1.807, 2.05) is 0 Å². The topological polar surface area (TPSA) is 443 Å². The number of rotatable bonds is 20. The normalized spacial score (nSPS) is 22.6. The van der Waals surface area contributed by atoms with Crippen LogP contribution in [0.15, 0.2) is 59.1 Å². The molecule has 4 unspecified atom stereocenters. The van der Waals surface area contributed by atoms with E-state index in [0.29, 0.717) is 5.56 Å². The molecular formula is C37H49N13O18P2. The van der Waals surface area contributed by atoms with Gasteiger partial charge in [0, 0.05) is 29.8 Å². The van der Waals surface area contributed by atoms with Gasteiger partial charge in [-0.05, 0) is 50.8 Å². The smallest absolute Gasteiger partial charge is 0.455 e. The SMILES string of the molecule is CC(C)(C)OC(=O)NC(CCCNC(=O)OCc1ccccc1N=[N+]=[N-])C(=O)O[C@H]1[C@@H](O)[C@H](n2cnc3c(N)ncnc32)O[C@@H]1COP(=O)(O)OC1CC(n2ccc(N)nc2=O)O[C@@H]1COP(=O)(O)O. The van der Waals surface area contributed by atoms with Crippen LogP contribution in [0.2, 0.25) is 0 Å². The van der Waals surface area contributed by atoms with Gasteiger partial charge in [0.15, 0.2) is 23.8 Å². The number of nitrogens with zero attached hydrogens (tertiary/aromatic N) is 9. The highest BCUT2D eigenvalue weighted by Crippen LogP contribution is 2.50. The number of benzene rings is 1. The first-order chi connectivity index (χ1) is 33.0. The standard InChI is InChI=1S/C37H49N13O18P2/c1-37(2,3)67-36(55)45-21(9-6-11-41-35(54)61-14-19-7-4-5-8-20(19)47-48-40)33(52)66-29-24(65-32(28(29)51)50-18-44-27-30(39)42-17-43-31(27)50)16-63-70(59,60)68-22-13-26(49-12-10-25(38)46-34(49)53)64-23(22)15-62-69(56,57)58/h4-5,7-8,10,12,17-18,21-24,26,28-29,32,51H,6,9,11,13-16H2,1-3H3,(H,41,54)(H,45,55)(H,59,60)(H2,38,46,53)(H2,39,42,43)(H2,56,57,58)/t21?,22?,23-,24-,26?,28-,29-,32-/m1/s1. The zero-order chi connectivity index (χ0) is 51.0. The number of anilines is 2. The van der Waals surface area contributed by atoms with Crippen molar-refractivity contribution in [3.8, 4) is 0 Å². The van der Waals surface area contributed by atoms with Gasteiger partial charge < -0.3 is 65.6 Å². The van der Waals surface area contributed by atoms with Gasteiger partial charge in [0.1, 0.15) is 66.6 Å². The Morgan fingerprint density at radius 3 is 2.49 bits per heavy atom. The van der Waals surface area contributed by atoms with Gasteiger partial charge in [0.25, 0.3) is 0 Å². The van der Waals surface area contributed by atoms with Gasteiger partial charge in [0.2, 0.25) is 0 Å². The van der Waals surface area contributed by atoms with E-state index in [1.54, 1.807) is 39.0 Å². The second kappa shape index (κ2) is 22.6. The Labute approximate surface area is 395 Å². The molecule has 10 N–H and O–H groups in total. The summed E-state index contributed by atoms with van der Waals surface area (Å²) in [6.45, 7) is 2.54. The van der Waals surface area contributed by atoms with Crippen molar-refractivity contribution in [2.75, 3.05) is 31.2 Å². The quantitative estimate of drug-likeness (QED) is 0.0119. The molecule has 2 aliphatic heterocycles. The molecule has 2 saturated heterocycles. The van der Waals surface area contributed by atoms with Crippen LogP contribution in [0.25, 0.3) is 21.6 Å². The number of nitrogens with two attached hydrogens (primary N) is 2. The van der Waals surface area contributed by atoms with Crippen molar-refractivity contribution in [1.82, 2.24) is 39.7 Å². The highest BCUT2D eigenvalue weighted by atomic mass is 31.2. The number of ether oxygens (including phenoxy) is 5. The first-order valence-electron chi connectivity index (χ1n) is 20.9. The summed E-state index contributed by atoms with van der Waals surface area (Å²) in [6.07, 6.45) is -9.95. The minimum absolute atomic E-state index is 0.0153. The summed E-state index contributed by atoms with van der Waals surface area (Å²) in [5.41, 5.74) is 19.3. The van der Waals surface area contributed by atoms with E-state index in [1.165, 1.54) is 29.2 Å². The molecule has 0 spiro atoms. The Bertz CT molecular complexity index is 2730. The molecule has 33 heteroatoms. The average Bonchev–Trinajstić information content (AvgIpc) is 3.97. The molecule has 0 radical (unpaired) electrons. The summed E-state index contributed by atoms with van der Waals surface area (Å²) >= 11 is 0. The van der Waals surface area contributed by atoms with Crippen LogP contribution in [0.5, 0.6) is 0 Å². The summed E-state index contributed by atoms with van der Waals surface area (Å²) in [5.74, 6) is -1.33. The van der Waals surface area contributed by atoms with Crippen LogP contribution >= 0.6 is 15.6 Å². The van der Waals surface area contributed by atoms with E-state index in [0.717, 1.165) is 10.9 Å². The minimum Gasteiger partial charge on any atom is -0.455 e. The highest BCUT2D eigenvalue weighted by Gasteiger charge is 2.50. The molecule has 2 fully saturated rings. The number of hydrogen-bond acceptors (Lipinski definition) is 22. The number of hydrogen-bond donors (Lipinski definition) is 8. The van der Waals surface area contributed by atoms with Gasteiger partial charge in [-0.2, -0.15) is 4.98 Å². The average molecular weight is 1030 g/mol. The van der Waals surface area contributed by atoms with Crippen molar-refractivity contribution >= 4 is 62.3 Å². The molecule has 0 bridgehead atoms. The van der Waals surface area contributed by atoms with Gasteiger partial charge in [-0.25, -0.2) is 43.3 Å². The summed E-state index contributed by atoms with van der Waals surface area (Å²) in [6, 6.07) is 6.16. The maximum absolute atomic E-state index is 14.1. The van der Waals surface area contributed by atoms with Crippen LogP contribution < -0.4 is 27.8 Å². The minimum atomic E-state index is -5.30. The number of alkyl carbamates (subject to hydrolysis) is 2. The Hall–Kier alpha value is -6.33. The van der Waals surface area contributed by atoms with Gasteiger partial charge in [-0.1, -0.05) is 29.4 Å². The summed E-state index contributed by atoms with van der Waals surface area (Å²) in [5, 5.41) is 20.2. The van der Waals surface area contributed by atoms with Crippen molar-refractivity contribution in [3.05, 3.63) is 75.7 Å². The van der Waals surface area contributed by atoms with Crippen LogP contribution in [-0.4, -0.2) is 129 Å². The molecule has 3 aromatic heterocycles. The molecule has 380 valence electrons. The van der Waals surface area contributed by atoms with E-state index >= 15 is 0 Å². The van der Waals surface area contributed by atoms with Gasteiger partial charge in [-0.3, -0.25) is 22.7 Å². The lowest BCUT2D eigenvalue weighted by Crippen LogP contribution is -2.48. The number of amides is 2. The summed E-state index contributed by atoms with van der Waals surface area (Å²) in [4.78, 5) is 100. The summed E-state index contributed by atoms with van der Waals surface area (Å²) < 4.78 is 70.8. The van der Waals surface area contributed by atoms with Gasteiger partial charge >= 0.3 is 39.5 Å². The number of aromatic nitrogens is 6. The number of nitrogen functional groups attached to an aromatic ring is 2. The fourth-order valence-corrected chi connectivity index (χ4v) is 8.29. The molecule has 1 aromatic carbocycles. The van der Waals surface area contributed by atoms with E-state index in [-0.39, 0.29) is 60.9 Å². The number of imidazole rings is 1. The van der Waals surface area contributed by atoms with Crippen LogP contribution in [0.4, 0.5) is 26.9 Å². The predicted molar refractivity (Wildman–Crippen MR) is 235 cm³/mol. The molecule has 9 atom stereocenters. The predicted octanol–water partition coefficient (Wildman–Crippen LogP) is 1.86. The van der Waals surface area contributed by atoms with E-state index in [4.69, 9.17) is 49.7 Å². The highest BCUT2D eigenvalue weighted by molar-refractivity contribution is 7.47. The third-order valence-corrected chi connectivity index (χ3v) is 11.6. The number of carbonyl (C=O) groups is 3. The van der Waals surface area contributed by atoms with Crippen LogP contribution in [0.1, 0.15) is 58.1 Å². The number of aliphatic hydroxyl groups excluding tert-OH is 1. The lowest BCUT2D eigenvalue weighted by molar-refractivity contribution is -0.159. The first-order valence-corrected chi connectivity index (χ1v) is 23.9. The maximum atomic E-state index is 14.1. The monoisotopic (exact) mass is 1030 g/mol. The van der Waals surface area contributed by atoms with Crippen molar-refractivity contribution < 1.29 is 80.6 Å². The Morgan fingerprint density at radius 2 is 1.77 bits per heavy atom. The summed E-state index contributed by atoms with van der Waals surface area (Å²) in [7, 11) is -10.4. The lowest BCUT2D eigenvalue weighted by Gasteiger charge is -2.26. The third-order valence-electron chi connectivity index (χ3n) is 10.1. The van der Waals surface area contributed by atoms with Crippen molar-refractivity contribution in [3.63, 3.8) is 0 Å². The third kappa shape index (κ3) is 14.4. The van der Waals surface area contributed by atoms with Gasteiger partial charge in [-0.15, -0.1) is 0 Å². The van der Waals surface area contributed by atoms with E-state index in [2.05, 4.69) is 45.1 Å². The number of nitrogens with one attached hydrogen (secondary N) is 2. The van der Waals surface area contributed by atoms with Crippen LogP contribution in [0.3, 0.4) is 0 Å².